The summed E-state index contributed by atoms with van der Waals surface area (Å²) in [4.78, 5) is 15.5. The van der Waals surface area contributed by atoms with E-state index >= 15 is 0 Å². The first-order valence-corrected chi connectivity index (χ1v) is 7.41. The van der Waals surface area contributed by atoms with Gasteiger partial charge in [-0.15, -0.1) is 0 Å². The molecule has 4 nitrogen and oxygen atoms in total. The first-order chi connectivity index (χ1) is 10.6. The molecule has 0 spiro atoms. The van der Waals surface area contributed by atoms with Gasteiger partial charge in [0, 0.05) is 31.4 Å². The van der Waals surface area contributed by atoms with Crippen LogP contribution in [0.3, 0.4) is 0 Å². The number of carbonyl (C=O) groups is 1. The van der Waals surface area contributed by atoms with E-state index in [0.717, 1.165) is 23.3 Å². The summed E-state index contributed by atoms with van der Waals surface area (Å²) in [5, 5.41) is 2.81. The van der Waals surface area contributed by atoms with Crippen LogP contribution in [0, 0.1) is 6.92 Å². The molecular weight excluding hydrogens is 274 g/mol. The number of pyridine rings is 1. The van der Waals surface area contributed by atoms with Gasteiger partial charge >= 0.3 is 0 Å². The van der Waals surface area contributed by atoms with Gasteiger partial charge in [0.2, 0.25) is 5.91 Å². The van der Waals surface area contributed by atoms with Crippen molar-refractivity contribution in [3.05, 3.63) is 59.9 Å². The molecule has 2 aromatic heterocycles. The standard InChI is InChI=1S/C18H19N3O/c1-13-3-8-18-20-17(12-21(18)11-13)16-6-4-15(5-7-16)9-10-19-14(2)22/h3-8,11-12H,9-10H2,1-2H3,(H,19,22). The van der Waals surface area contributed by atoms with Crippen LogP contribution in [-0.4, -0.2) is 21.8 Å². The van der Waals surface area contributed by atoms with Crippen LogP contribution in [0.2, 0.25) is 0 Å². The smallest absolute Gasteiger partial charge is 0.216 e. The zero-order chi connectivity index (χ0) is 15.5. The minimum Gasteiger partial charge on any atom is -0.356 e. The molecule has 22 heavy (non-hydrogen) atoms. The Labute approximate surface area is 129 Å². The fourth-order valence-corrected chi connectivity index (χ4v) is 2.47. The van der Waals surface area contributed by atoms with Crippen LogP contribution in [0.25, 0.3) is 16.9 Å². The molecule has 0 saturated carbocycles. The fourth-order valence-electron chi connectivity index (χ4n) is 2.47. The molecule has 0 fully saturated rings. The van der Waals surface area contributed by atoms with Crippen LogP contribution in [0.15, 0.2) is 48.8 Å². The Morgan fingerprint density at radius 2 is 1.91 bits per heavy atom. The molecule has 0 bridgehead atoms. The number of aromatic nitrogens is 2. The monoisotopic (exact) mass is 293 g/mol. The third-order valence-corrected chi connectivity index (χ3v) is 3.64. The van der Waals surface area contributed by atoms with E-state index in [1.807, 2.05) is 6.07 Å². The van der Waals surface area contributed by atoms with Crippen LogP contribution in [-0.2, 0) is 11.2 Å². The SMILES string of the molecule is CC(=O)NCCc1ccc(-c2cn3cc(C)ccc3n2)cc1. The molecule has 0 aliphatic heterocycles. The van der Waals surface area contributed by atoms with Crippen molar-refractivity contribution in [1.29, 1.82) is 0 Å². The number of benzene rings is 1. The van der Waals surface area contributed by atoms with E-state index < -0.39 is 0 Å². The molecule has 0 atom stereocenters. The average molecular weight is 293 g/mol. The summed E-state index contributed by atoms with van der Waals surface area (Å²) in [6.07, 6.45) is 4.96. The molecule has 3 rings (SSSR count). The predicted molar refractivity (Wildman–Crippen MR) is 87.8 cm³/mol. The van der Waals surface area contributed by atoms with Gasteiger partial charge in [0.25, 0.3) is 0 Å². The lowest BCUT2D eigenvalue weighted by Gasteiger charge is -2.03. The van der Waals surface area contributed by atoms with Crippen LogP contribution in [0.5, 0.6) is 0 Å². The molecule has 0 saturated heterocycles. The Bertz CT molecular complexity index is 803. The van der Waals surface area contributed by atoms with Crippen LogP contribution in [0.4, 0.5) is 0 Å². The van der Waals surface area contributed by atoms with Crippen LogP contribution >= 0.6 is 0 Å². The number of fused-ring (bicyclic) bond motifs is 1. The minimum atomic E-state index is 0.0108. The summed E-state index contributed by atoms with van der Waals surface area (Å²) in [5.41, 5.74) is 5.45. The van der Waals surface area contributed by atoms with E-state index in [-0.39, 0.29) is 5.91 Å². The van der Waals surface area contributed by atoms with Crippen LogP contribution < -0.4 is 5.32 Å². The second-order valence-electron chi connectivity index (χ2n) is 5.53. The molecule has 4 heteroatoms. The summed E-state index contributed by atoms with van der Waals surface area (Å²) in [6, 6.07) is 12.4. The summed E-state index contributed by atoms with van der Waals surface area (Å²) in [6.45, 7) is 4.28. The number of hydrogen-bond acceptors (Lipinski definition) is 2. The van der Waals surface area contributed by atoms with Gasteiger partial charge in [0.05, 0.1) is 5.69 Å². The Hall–Kier alpha value is -2.62. The second kappa shape index (κ2) is 6.02. The maximum atomic E-state index is 10.9. The van der Waals surface area contributed by atoms with Crippen molar-refractivity contribution < 1.29 is 4.79 Å². The summed E-state index contributed by atoms with van der Waals surface area (Å²) in [7, 11) is 0. The normalized spacial score (nSPS) is 10.8. The highest BCUT2D eigenvalue weighted by Gasteiger charge is 2.04. The van der Waals surface area contributed by atoms with Gasteiger partial charge < -0.3 is 9.72 Å². The molecule has 2 heterocycles. The van der Waals surface area contributed by atoms with Crippen molar-refractivity contribution in [2.45, 2.75) is 20.3 Å². The second-order valence-corrected chi connectivity index (χ2v) is 5.53. The number of carbonyl (C=O) groups excluding carboxylic acids is 1. The van der Waals surface area contributed by atoms with Crippen molar-refractivity contribution in [2.24, 2.45) is 0 Å². The van der Waals surface area contributed by atoms with E-state index in [4.69, 9.17) is 0 Å². The lowest BCUT2D eigenvalue weighted by Crippen LogP contribution is -2.22. The van der Waals surface area contributed by atoms with Crippen molar-refractivity contribution in [2.75, 3.05) is 6.54 Å². The fraction of sp³-hybridized carbons (Fsp3) is 0.222. The minimum absolute atomic E-state index is 0.0108. The molecule has 0 unspecified atom stereocenters. The molecule has 0 aliphatic carbocycles. The largest absolute Gasteiger partial charge is 0.356 e. The molecular formula is C18H19N3O. The number of rotatable bonds is 4. The summed E-state index contributed by atoms with van der Waals surface area (Å²) >= 11 is 0. The van der Waals surface area contributed by atoms with Gasteiger partial charge in [-0.3, -0.25) is 4.79 Å². The molecule has 1 amide bonds. The molecule has 0 radical (unpaired) electrons. The molecule has 1 N–H and O–H groups in total. The Morgan fingerprint density at radius 3 is 2.64 bits per heavy atom. The number of hydrogen-bond donors (Lipinski definition) is 1. The van der Waals surface area contributed by atoms with Gasteiger partial charge in [-0.25, -0.2) is 4.98 Å². The van der Waals surface area contributed by atoms with E-state index in [1.165, 1.54) is 18.1 Å². The molecule has 3 aromatic rings. The van der Waals surface area contributed by atoms with Crippen molar-refractivity contribution in [1.82, 2.24) is 14.7 Å². The van der Waals surface area contributed by atoms with E-state index in [2.05, 4.69) is 64.4 Å². The number of nitrogens with zero attached hydrogens (tertiary/aromatic N) is 2. The Kier molecular flexibility index (Phi) is 3.92. The molecule has 1 aromatic carbocycles. The Morgan fingerprint density at radius 1 is 1.14 bits per heavy atom. The lowest BCUT2D eigenvalue weighted by molar-refractivity contribution is -0.118. The molecule has 112 valence electrons. The van der Waals surface area contributed by atoms with Gasteiger partial charge in [-0.1, -0.05) is 30.3 Å². The number of imidazole rings is 1. The van der Waals surface area contributed by atoms with Gasteiger partial charge in [0.1, 0.15) is 5.65 Å². The van der Waals surface area contributed by atoms with Crippen molar-refractivity contribution >= 4 is 11.6 Å². The van der Waals surface area contributed by atoms with Crippen molar-refractivity contribution in [3.8, 4) is 11.3 Å². The van der Waals surface area contributed by atoms with E-state index in [9.17, 15) is 4.79 Å². The highest BCUT2D eigenvalue weighted by atomic mass is 16.1. The Balaban J connectivity index is 1.77. The zero-order valence-electron chi connectivity index (χ0n) is 12.8. The number of amides is 1. The highest BCUT2D eigenvalue weighted by molar-refractivity contribution is 5.72. The molecule has 0 aliphatic rings. The number of aryl methyl sites for hydroxylation is 1. The summed E-state index contributed by atoms with van der Waals surface area (Å²) in [5.74, 6) is 0.0108. The maximum absolute atomic E-state index is 10.9. The lowest BCUT2D eigenvalue weighted by atomic mass is 10.1. The van der Waals surface area contributed by atoms with Gasteiger partial charge in [-0.2, -0.15) is 0 Å². The predicted octanol–water partition coefficient (Wildman–Crippen LogP) is 2.99. The third kappa shape index (κ3) is 3.17. The first kappa shape index (κ1) is 14.3. The van der Waals surface area contributed by atoms with Crippen molar-refractivity contribution in [3.63, 3.8) is 0 Å². The van der Waals surface area contributed by atoms with E-state index in [1.54, 1.807) is 0 Å². The first-order valence-electron chi connectivity index (χ1n) is 7.41. The van der Waals surface area contributed by atoms with Gasteiger partial charge in [0.15, 0.2) is 0 Å². The van der Waals surface area contributed by atoms with Gasteiger partial charge in [-0.05, 0) is 30.5 Å². The quantitative estimate of drug-likeness (QED) is 0.804. The summed E-state index contributed by atoms with van der Waals surface area (Å²) < 4.78 is 2.05. The van der Waals surface area contributed by atoms with Crippen LogP contribution in [0.1, 0.15) is 18.1 Å². The van der Waals surface area contributed by atoms with E-state index in [0.29, 0.717) is 6.54 Å². The maximum Gasteiger partial charge on any atom is 0.216 e. The highest BCUT2D eigenvalue weighted by Crippen LogP contribution is 2.20. The number of nitrogens with one attached hydrogen (secondary N) is 1. The average Bonchev–Trinajstić information content (AvgIpc) is 2.90. The zero-order valence-corrected chi connectivity index (χ0v) is 12.8. The topological polar surface area (TPSA) is 46.4 Å². The third-order valence-electron chi connectivity index (χ3n) is 3.64.